The van der Waals surface area contributed by atoms with Gasteiger partial charge in [0.15, 0.2) is 0 Å². The Morgan fingerprint density at radius 3 is 2.79 bits per heavy atom. The molecule has 1 aromatic heterocycles. The highest BCUT2D eigenvalue weighted by Crippen LogP contribution is 2.35. The molecule has 0 atom stereocenters. The van der Waals surface area contributed by atoms with Crippen LogP contribution in [0.4, 0.5) is 0 Å². The van der Waals surface area contributed by atoms with E-state index in [-0.39, 0.29) is 5.91 Å². The average molecular weight is 459 g/mol. The molecule has 0 radical (unpaired) electrons. The summed E-state index contributed by atoms with van der Waals surface area (Å²) in [4.78, 5) is 19.0. The summed E-state index contributed by atoms with van der Waals surface area (Å²) in [7, 11) is 0. The van der Waals surface area contributed by atoms with Crippen LogP contribution < -0.4 is 5.32 Å². The van der Waals surface area contributed by atoms with E-state index in [1.165, 1.54) is 23.8 Å². The molecule has 2 N–H and O–H groups in total. The quantitative estimate of drug-likeness (QED) is 0.537. The van der Waals surface area contributed by atoms with Crippen molar-refractivity contribution in [3.05, 3.63) is 58.1 Å². The Labute approximate surface area is 177 Å². The second kappa shape index (κ2) is 7.21. The van der Waals surface area contributed by atoms with Crippen LogP contribution in [0.25, 0.3) is 22.2 Å². The molecule has 5 rings (SSSR count). The summed E-state index contributed by atoms with van der Waals surface area (Å²) < 4.78 is 0. The van der Waals surface area contributed by atoms with Gasteiger partial charge in [0.05, 0.1) is 5.56 Å². The van der Waals surface area contributed by atoms with Crippen molar-refractivity contribution in [2.45, 2.75) is 30.8 Å². The van der Waals surface area contributed by atoms with Gasteiger partial charge >= 0.3 is 0 Å². The molecular weight excluding hydrogens is 438 g/mol. The third kappa shape index (κ3) is 3.25. The molecule has 0 unspecified atom stereocenters. The Balaban J connectivity index is 1.47. The number of carbonyl (C=O) groups excluding carboxylic acids is 1. The van der Waals surface area contributed by atoms with E-state index in [1.807, 2.05) is 12.1 Å². The molecule has 2 aliphatic heterocycles. The molecule has 3 aromatic rings. The minimum Gasteiger partial charge on any atom is -0.355 e. The molecule has 1 amide bonds. The van der Waals surface area contributed by atoms with Crippen molar-refractivity contribution >= 4 is 44.3 Å². The van der Waals surface area contributed by atoms with Crippen LogP contribution in [0.2, 0.25) is 5.02 Å². The zero-order valence-corrected chi connectivity index (χ0v) is 17.7. The lowest BCUT2D eigenvalue weighted by Crippen LogP contribution is -2.33. The maximum atomic E-state index is 12.3. The van der Waals surface area contributed by atoms with Crippen LogP contribution in [0, 0.1) is 0 Å². The molecular formula is C22H21BrClN3O. The summed E-state index contributed by atoms with van der Waals surface area (Å²) in [5.41, 5.74) is 5.85. The minimum absolute atomic E-state index is 0.0537. The van der Waals surface area contributed by atoms with Crippen LogP contribution in [-0.2, 0) is 13.1 Å². The number of carbonyl (C=O) groups is 1. The first-order valence-corrected chi connectivity index (χ1v) is 11.0. The van der Waals surface area contributed by atoms with Gasteiger partial charge in [-0.05, 0) is 55.8 Å². The number of nitrogens with one attached hydrogen (secondary N) is 2. The van der Waals surface area contributed by atoms with Gasteiger partial charge in [-0.1, -0.05) is 39.7 Å². The van der Waals surface area contributed by atoms with Gasteiger partial charge in [0.25, 0.3) is 5.91 Å². The lowest BCUT2D eigenvalue weighted by molar-refractivity contribution is 0.0966. The van der Waals surface area contributed by atoms with Crippen molar-refractivity contribution in [3.63, 3.8) is 0 Å². The predicted molar refractivity (Wildman–Crippen MR) is 117 cm³/mol. The van der Waals surface area contributed by atoms with Crippen molar-refractivity contribution in [1.82, 2.24) is 15.2 Å². The Bertz CT molecular complexity index is 1070. The van der Waals surface area contributed by atoms with Gasteiger partial charge in [0, 0.05) is 50.7 Å². The summed E-state index contributed by atoms with van der Waals surface area (Å²) in [5, 5.41) is 4.69. The molecule has 0 spiro atoms. The monoisotopic (exact) mass is 457 g/mol. The van der Waals surface area contributed by atoms with E-state index in [4.69, 9.17) is 11.6 Å². The van der Waals surface area contributed by atoms with Crippen LogP contribution in [0.3, 0.4) is 0 Å². The zero-order chi connectivity index (χ0) is 19.3. The lowest BCUT2D eigenvalue weighted by atomic mass is 10.0. The number of rotatable bonds is 3. The number of benzene rings is 2. The van der Waals surface area contributed by atoms with E-state index in [0.29, 0.717) is 22.0 Å². The van der Waals surface area contributed by atoms with Gasteiger partial charge in [-0.3, -0.25) is 9.69 Å². The fourth-order valence-corrected chi connectivity index (χ4v) is 4.91. The number of aromatic nitrogens is 1. The average Bonchev–Trinajstić information content (AvgIpc) is 3.28. The molecule has 2 aliphatic rings. The van der Waals surface area contributed by atoms with Crippen molar-refractivity contribution in [2.24, 2.45) is 0 Å². The first-order valence-electron chi connectivity index (χ1n) is 9.66. The van der Waals surface area contributed by atoms with Crippen molar-refractivity contribution < 1.29 is 4.79 Å². The van der Waals surface area contributed by atoms with E-state index in [9.17, 15) is 4.79 Å². The van der Waals surface area contributed by atoms with Crippen LogP contribution in [-0.4, -0.2) is 33.7 Å². The number of hydrogen-bond donors (Lipinski definition) is 2. The number of fused-ring (bicyclic) bond motifs is 2. The van der Waals surface area contributed by atoms with Crippen LogP contribution in [0.5, 0.6) is 0 Å². The van der Waals surface area contributed by atoms with E-state index >= 15 is 0 Å². The maximum absolute atomic E-state index is 12.3. The van der Waals surface area contributed by atoms with Gasteiger partial charge in [-0.15, -0.1) is 0 Å². The van der Waals surface area contributed by atoms with Crippen LogP contribution in [0.15, 0.2) is 36.4 Å². The normalized spacial score (nSPS) is 17.9. The van der Waals surface area contributed by atoms with Crippen LogP contribution in [0.1, 0.15) is 34.3 Å². The van der Waals surface area contributed by atoms with Crippen molar-refractivity contribution in [2.75, 3.05) is 13.1 Å². The molecule has 28 heavy (non-hydrogen) atoms. The smallest absolute Gasteiger partial charge is 0.252 e. The number of aromatic amines is 1. The second-order valence-corrected chi connectivity index (χ2v) is 9.39. The number of hydrogen-bond acceptors (Lipinski definition) is 2. The Kier molecular flexibility index (Phi) is 4.69. The van der Waals surface area contributed by atoms with Gasteiger partial charge in [-0.2, -0.15) is 0 Å². The molecule has 1 saturated heterocycles. The molecule has 6 heteroatoms. The first kappa shape index (κ1) is 18.2. The van der Waals surface area contributed by atoms with Crippen molar-refractivity contribution in [1.29, 1.82) is 0 Å². The molecule has 0 aliphatic carbocycles. The topological polar surface area (TPSA) is 48.1 Å². The number of nitrogens with zero attached hydrogens (tertiary/aromatic N) is 1. The van der Waals surface area contributed by atoms with E-state index in [1.54, 1.807) is 0 Å². The summed E-state index contributed by atoms with van der Waals surface area (Å²) >= 11 is 10.0. The Hall–Kier alpha value is -1.82. The van der Waals surface area contributed by atoms with Crippen molar-refractivity contribution in [3.8, 4) is 11.3 Å². The molecule has 144 valence electrons. The largest absolute Gasteiger partial charge is 0.355 e. The Morgan fingerprint density at radius 1 is 1.14 bits per heavy atom. The van der Waals surface area contributed by atoms with E-state index < -0.39 is 0 Å². The fourth-order valence-electron chi connectivity index (χ4n) is 4.28. The second-order valence-electron chi connectivity index (χ2n) is 7.69. The standard InChI is InChI=1S/C22H21BrClN3O/c23-15-5-7-27(8-6-15)12-13-1-4-19-14(9-13)10-20(26-19)16-2-3-18(24)17-11-25-22(28)21(16)17/h1-4,9-10,15,26H,5-8,11-12H2,(H,25,28). The lowest BCUT2D eigenvalue weighted by Gasteiger charge is -2.29. The highest BCUT2D eigenvalue weighted by molar-refractivity contribution is 9.09. The number of amides is 1. The number of H-pyrrole nitrogens is 1. The predicted octanol–water partition coefficient (Wildman–Crippen LogP) is 5.09. The first-order chi connectivity index (χ1) is 13.6. The molecule has 2 aromatic carbocycles. The fraction of sp³-hybridized carbons (Fsp3) is 0.318. The highest BCUT2D eigenvalue weighted by atomic mass is 79.9. The van der Waals surface area contributed by atoms with Gasteiger partial charge < -0.3 is 10.3 Å². The summed E-state index contributed by atoms with van der Waals surface area (Å²) in [6, 6.07) is 12.5. The van der Waals surface area contributed by atoms with Gasteiger partial charge in [-0.25, -0.2) is 0 Å². The SMILES string of the molecule is O=C1NCc2c(Cl)ccc(-c3cc4cc(CN5CCC(Br)CC5)ccc4[nH]3)c21. The third-order valence-electron chi connectivity index (χ3n) is 5.81. The molecule has 4 nitrogen and oxygen atoms in total. The number of halogens is 2. The number of piperidine rings is 1. The summed E-state index contributed by atoms with van der Waals surface area (Å²) in [6.07, 6.45) is 2.42. The maximum Gasteiger partial charge on any atom is 0.252 e. The van der Waals surface area contributed by atoms with Crippen LogP contribution >= 0.6 is 27.5 Å². The third-order valence-corrected chi connectivity index (χ3v) is 7.08. The minimum atomic E-state index is -0.0537. The van der Waals surface area contributed by atoms with E-state index in [2.05, 4.69) is 55.4 Å². The van der Waals surface area contributed by atoms with Gasteiger partial charge in [0.2, 0.25) is 0 Å². The molecule has 0 bridgehead atoms. The number of alkyl halides is 1. The Morgan fingerprint density at radius 2 is 1.96 bits per heavy atom. The van der Waals surface area contributed by atoms with E-state index in [0.717, 1.165) is 42.0 Å². The van der Waals surface area contributed by atoms with Gasteiger partial charge in [0.1, 0.15) is 0 Å². The molecule has 1 fully saturated rings. The zero-order valence-electron chi connectivity index (χ0n) is 15.4. The molecule has 0 saturated carbocycles. The summed E-state index contributed by atoms with van der Waals surface area (Å²) in [5.74, 6) is -0.0537. The summed E-state index contributed by atoms with van der Waals surface area (Å²) in [6.45, 7) is 3.75. The number of likely N-dealkylation sites (tertiary alicyclic amines) is 1. The highest BCUT2D eigenvalue weighted by Gasteiger charge is 2.26. The molecule has 3 heterocycles.